The number of carbonyl (C=O) groups is 3. The third kappa shape index (κ3) is 5.65. The lowest BCUT2D eigenvalue weighted by molar-refractivity contribution is -0.0557. The minimum absolute atomic E-state index is 0.151. The van der Waals surface area contributed by atoms with E-state index in [2.05, 4.69) is 0 Å². The van der Waals surface area contributed by atoms with Crippen LogP contribution in [0.15, 0.2) is 91.0 Å². The van der Waals surface area contributed by atoms with E-state index < -0.39 is 40.8 Å². The van der Waals surface area contributed by atoms with Crippen molar-refractivity contribution in [2.75, 3.05) is 6.61 Å². The van der Waals surface area contributed by atoms with E-state index in [1.54, 1.807) is 91.0 Å². The molecule has 34 heavy (non-hydrogen) atoms. The number of hydrogen-bond donors (Lipinski definition) is 1. The number of ether oxygens (including phenoxy) is 3. The van der Waals surface area contributed by atoms with E-state index >= 15 is 0 Å². The lowest BCUT2D eigenvalue weighted by atomic mass is 10.1. The first-order chi connectivity index (χ1) is 16.5. The van der Waals surface area contributed by atoms with Gasteiger partial charge in [-0.15, -0.1) is 11.8 Å². The summed E-state index contributed by atoms with van der Waals surface area (Å²) in [5.41, 5.74) is -0.202. The second-order valence-electron chi connectivity index (χ2n) is 7.50. The molecular weight excluding hydrogens is 456 g/mol. The molecule has 0 radical (unpaired) electrons. The molecule has 174 valence electrons. The number of aliphatic hydroxyl groups is 1. The lowest BCUT2D eigenvalue weighted by Gasteiger charge is -2.24. The van der Waals surface area contributed by atoms with Crippen molar-refractivity contribution in [3.05, 3.63) is 108 Å². The maximum absolute atomic E-state index is 12.8. The van der Waals surface area contributed by atoms with Gasteiger partial charge in [0.25, 0.3) is 0 Å². The molecule has 0 unspecified atom stereocenters. The summed E-state index contributed by atoms with van der Waals surface area (Å²) in [5, 5.41) is 10.00. The highest BCUT2D eigenvalue weighted by Crippen LogP contribution is 2.38. The summed E-state index contributed by atoms with van der Waals surface area (Å²) in [6, 6.07) is 25.1. The Hall–Kier alpha value is -3.62. The van der Waals surface area contributed by atoms with Crippen LogP contribution >= 0.6 is 11.8 Å². The van der Waals surface area contributed by atoms with Crippen molar-refractivity contribution in [1.29, 1.82) is 0 Å². The number of hydrogen-bond acceptors (Lipinski definition) is 8. The average Bonchev–Trinajstić information content (AvgIpc) is 3.17. The second-order valence-corrected chi connectivity index (χ2v) is 8.86. The number of aliphatic hydroxyl groups excluding tert-OH is 1. The summed E-state index contributed by atoms with van der Waals surface area (Å²) in [6.07, 6.45) is -2.19. The minimum Gasteiger partial charge on any atom is -0.461 e. The molecule has 1 aliphatic heterocycles. The molecule has 1 aliphatic rings. The first-order valence-electron chi connectivity index (χ1n) is 10.6. The van der Waals surface area contributed by atoms with Gasteiger partial charge < -0.3 is 19.3 Å². The van der Waals surface area contributed by atoms with Gasteiger partial charge >= 0.3 is 17.9 Å². The molecule has 0 aromatic heterocycles. The van der Waals surface area contributed by atoms with Crippen LogP contribution in [-0.4, -0.2) is 52.5 Å². The zero-order valence-corrected chi connectivity index (χ0v) is 18.8. The first kappa shape index (κ1) is 23.5. The van der Waals surface area contributed by atoms with E-state index in [1.807, 2.05) is 0 Å². The van der Waals surface area contributed by atoms with Crippen LogP contribution in [0, 0.1) is 0 Å². The number of benzene rings is 3. The number of carbonyl (C=O) groups excluding carboxylic acids is 3. The quantitative estimate of drug-likeness (QED) is 0.405. The van der Waals surface area contributed by atoms with Gasteiger partial charge in [-0.25, -0.2) is 14.4 Å². The Labute approximate surface area is 200 Å². The highest BCUT2D eigenvalue weighted by atomic mass is 32.2. The van der Waals surface area contributed by atoms with E-state index in [0.717, 1.165) is 11.8 Å². The van der Waals surface area contributed by atoms with Crippen LogP contribution in [0.1, 0.15) is 31.1 Å². The minimum atomic E-state index is -1.18. The molecule has 0 amide bonds. The largest absolute Gasteiger partial charge is 0.461 e. The lowest BCUT2D eigenvalue weighted by Crippen LogP contribution is -2.41. The van der Waals surface area contributed by atoms with E-state index in [9.17, 15) is 19.5 Å². The van der Waals surface area contributed by atoms with Gasteiger partial charge in [0.2, 0.25) is 0 Å². The SMILES string of the molecule is O=C(OC[C@@H]1S[C@H](O)[C@H](OC(=O)c2ccccc2)[C@@H]1OC(=O)c1ccccc1)c1ccccc1. The summed E-state index contributed by atoms with van der Waals surface area (Å²) in [6.45, 7) is -0.151. The van der Waals surface area contributed by atoms with Gasteiger partial charge in [0, 0.05) is 0 Å². The molecule has 0 bridgehead atoms. The topological polar surface area (TPSA) is 99.1 Å². The van der Waals surface area contributed by atoms with Crippen LogP contribution in [-0.2, 0) is 14.2 Å². The molecule has 8 heteroatoms. The molecule has 0 aliphatic carbocycles. The van der Waals surface area contributed by atoms with E-state index in [-0.39, 0.29) is 6.61 Å². The third-order valence-corrected chi connectivity index (χ3v) is 6.48. The fraction of sp³-hybridized carbons (Fsp3) is 0.192. The average molecular weight is 479 g/mol. The van der Waals surface area contributed by atoms with Gasteiger partial charge in [0.05, 0.1) is 21.9 Å². The van der Waals surface area contributed by atoms with Crippen molar-refractivity contribution in [3.8, 4) is 0 Å². The van der Waals surface area contributed by atoms with Crippen molar-refractivity contribution < 1.29 is 33.7 Å². The highest BCUT2D eigenvalue weighted by Gasteiger charge is 2.49. The Balaban J connectivity index is 1.51. The number of esters is 3. The molecule has 7 nitrogen and oxygen atoms in total. The molecule has 4 atom stereocenters. The zero-order valence-electron chi connectivity index (χ0n) is 18.0. The Morgan fingerprint density at radius 2 is 1.06 bits per heavy atom. The van der Waals surface area contributed by atoms with E-state index in [0.29, 0.717) is 16.7 Å². The fourth-order valence-electron chi connectivity index (χ4n) is 3.46. The third-order valence-electron chi connectivity index (χ3n) is 5.18. The van der Waals surface area contributed by atoms with Gasteiger partial charge in [-0.3, -0.25) is 0 Å². The van der Waals surface area contributed by atoms with Crippen LogP contribution in [0.2, 0.25) is 0 Å². The van der Waals surface area contributed by atoms with Crippen molar-refractivity contribution in [2.45, 2.75) is 22.9 Å². The molecule has 0 saturated carbocycles. The first-order valence-corrected chi connectivity index (χ1v) is 11.5. The van der Waals surface area contributed by atoms with E-state index in [1.165, 1.54) is 0 Å². The van der Waals surface area contributed by atoms with Gasteiger partial charge in [0.1, 0.15) is 12.0 Å². The number of thioether (sulfide) groups is 1. The molecule has 4 rings (SSSR count). The van der Waals surface area contributed by atoms with Crippen LogP contribution < -0.4 is 0 Å². The normalized spacial score (nSPS) is 21.4. The highest BCUT2D eigenvalue weighted by molar-refractivity contribution is 8.00. The summed E-state index contributed by atoms with van der Waals surface area (Å²) in [7, 11) is 0. The fourth-order valence-corrected chi connectivity index (χ4v) is 4.69. The molecule has 1 saturated heterocycles. The zero-order chi connectivity index (χ0) is 23.9. The Morgan fingerprint density at radius 1 is 0.647 bits per heavy atom. The van der Waals surface area contributed by atoms with Crippen molar-refractivity contribution in [2.24, 2.45) is 0 Å². The summed E-state index contributed by atoms with van der Waals surface area (Å²) < 4.78 is 16.6. The predicted molar refractivity (Wildman–Crippen MR) is 125 cm³/mol. The van der Waals surface area contributed by atoms with Crippen molar-refractivity contribution in [3.63, 3.8) is 0 Å². The molecular formula is C26H22O7S. The van der Waals surface area contributed by atoms with Gasteiger partial charge in [-0.05, 0) is 36.4 Å². The Morgan fingerprint density at radius 3 is 1.53 bits per heavy atom. The molecule has 1 heterocycles. The van der Waals surface area contributed by atoms with Gasteiger partial charge in [-0.1, -0.05) is 54.6 Å². The smallest absolute Gasteiger partial charge is 0.338 e. The van der Waals surface area contributed by atoms with Gasteiger partial charge in [-0.2, -0.15) is 0 Å². The van der Waals surface area contributed by atoms with Gasteiger partial charge in [0.15, 0.2) is 12.2 Å². The van der Waals surface area contributed by atoms with Crippen LogP contribution in [0.4, 0.5) is 0 Å². The number of rotatable bonds is 7. The molecule has 0 spiro atoms. The monoisotopic (exact) mass is 478 g/mol. The van der Waals surface area contributed by atoms with Crippen LogP contribution in [0.5, 0.6) is 0 Å². The summed E-state index contributed by atoms with van der Waals surface area (Å²) in [5.74, 6) is -1.85. The molecule has 1 fully saturated rings. The Kier molecular flexibility index (Phi) is 7.61. The molecule has 1 N–H and O–H groups in total. The van der Waals surface area contributed by atoms with E-state index in [4.69, 9.17) is 14.2 Å². The maximum atomic E-state index is 12.8. The second kappa shape index (κ2) is 11.0. The predicted octanol–water partition coefficient (Wildman–Crippen LogP) is 3.73. The summed E-state index contributed by atoms with van der Waals surface area (Å²) in [4.78, 5) is 37.8. The molecule has 3 aromatic carbocycles. The van der Waals surface area contributed by atoms with Crippen LogP contribution in [0.25, 0.3) is 0 Å². The standard InChI is InChI=1S/C26H22O7S/c27-23(17-10-4-1-5-11-17)31-16-20-21(32-24(28)18-12-6-2-7-13-18)22(26(30)34-20)33-25(29)19-14-8-3-9-15-19/h1-15,20-22,26,30H,16H2/t20-,21+,22+,26-/m0/s1. The summed E-state index contributed by atoms with van der Waals surface area (Å²) >= 11 is 1.02. The van der Waals surface area contributed by atoms with Crippen LogP contribution in [0.3, 0.4) is 0 Å². The molecule has 3 aromatic rings. The maximum Gasteiger partial charge on any atom is 0.338 e. The van der Waals surface area contributed by atoms with Crippen molar-refractivity contribution >= 4 is 29.7 Å². The van der Waals surface area contributed by atoms with Crippen molar-refractivity contribution in [1.82, 2.24) is 0 Å². The Bertz CT molecular complexity index is 1120.